The lowest BCUT2D eigenvalue weighted by Gasteiger charge is -2.12. The standard InChI is InChI=1S/C57H52N8O3/c1-6-64-56(35-52(62-64)39-19-23-45(66-4)24-20-39)41-15-11-16-42(29-41)57-36-53(40-21-25-46(67-5)26-22-40)63-65(57)27-12-28-68-47-31-43(50-33-54(60-58-50)48-17-9-7-13-37(48)2)30-44(32-47)51-34-55(61-59-51)49-18-10-8-14-38(49)3/h7-11,13-26,29-36H,6,12,27-28H2,1-5H3,(H,58,60)(H,59,61). The average molecular weight is 897 g/mol. The van der Waals surface area contributed by atoms with Crippen LogP contribution in [0.2, 0.25) is 0 Å². The second kappa shape index (κ2) is 19.2. The van der Waals surface area contributed by atoms with Gasteiger partial charge in [0.1, 0.15) is 17.2 Å². The Morgan fingerprint density at radius 3 is 1.44 bits per heavy atom. The van der Waals surface area contributed by atoms with Gasteiger partial charge in [-0.05, 0) is 129 Å². The predicted octanol–water partition coefficient (Wildman–Crippen LogP) is 13.0. The molecule has 0 bridgehead atoms. The first kappa shape index (κ1) is 43.5. The van der Waals surface area contributed by atoms with Crippen molar-refractivity contribution in [2.24, 2.45) is 0 Å². The van der Waals surface area contributed by atoms with Crippen molar-refractivity contribution in [3.8, 4) is 107 Å². The van der Waals surface area contributed by atoms with E-state index in [-0.39, 0.29) is 0 Å². The lowest BCUT2D eigenvalue weighted by Crippen LogP contribution is -2.07. The van der Waals surface area contributed by atoms with Crippen LogP contribution >= 0.6 is 0 Å². The highest BCUT2D eigenvalue weighted by Gasteiger charge is 2.18. The van der Waals surface area contributed by atoms with Crippen LogP contribution < -0.4 is 14.2 Å². The number of rotatable bonds is 16. The Labute approximate surface area is 396 Å². The summed E-state index contributed by atoms with van der Waals surface area (Å²) in [5.74, 6) is 2.35. The van der Waals surface area contributed by atoms with E-state index in [1.165, 1.54) is 0 Å². The third kappa shape index (κ3) is 9.06. The van der Waals surface area contributed by atoms with Gasteiger partial charge in [-0.15, -0.1) is 0 Å². The number of nitrogens with zero attached hydrogens (tertiary/aromatic N) is 6. The van der Waals surface area contributed by atoms with Crippen LogP contribution in [0, 0.1) is 13.8 Å². The third-order valence-electron chi connectivity index (χ3n) is 12.4. The number of aryl methyl sites for hydroxylation is 4. The molecule has 338 valence electrons. The summed E-state index contributed by atoms with van der Waals surface area (Å²) < 4.78 is 21.7. The topological polar surface area (TPSA) is 121 Å². The molecule has 0 radical (unpaired) electrons. The van der Waals surface area contributed by atoms with Crippen molar-refractivity contribution in [1.82, 2.24) is 40.0 Å². The molecular formula is C57H52N8O3. The van der Waals surface area contributed by atoms with E-state index in [1.54, 1.807) is 14.2 Å². The van der Waals surface area contributed by atoms with Crippen molar-refractivity contribution in [2.75, 3.05) is 20.8 Å². The zero-order chi connectivity index (χ0) is 46.6. The molecule has 0 atom stereocenters. The summed E-state index contributed by atoms with van der Waals surface area (Å²) in [5.41, 5.74) is 18.0. The summed E-state index contributed by atoms with van der Waals surface area (Å²) >= 11 is 0. The Morgan fingerprint density at radius 2 is 0.941 bits per heavy atom. The number of aromatic nitrogens is 8. The maximum atomic E-state index is 6.65. The van der Waals surface area contributed by atoms with Gasteiger partial charge in [-0.25, -0.2) is 0 Å². The highest BCUT2D eigenvalue weighted by molar-refractivity contribution is 5.78. The molecule has 4 aromatic heterocycles. The summed E-state index contributed by atoms with van der Waals surface area (Å²) in [6.45, 7) is 8.13. The molecule has 0 aliphatic heterocycles. The molecule has 10 aromatic rings. The molecule has 0 fully saturated rings. The van der Waals surface area contributed by atoms with E-state index >= 15 is 0 Å². The number of H-pyrrole nitrogens is 2. The van der Waals surface area contributed by atoms with Gasteiger partial charge in [0.25, 0.3) is 0 Å². The molecule has 0 amide bonds. The Hall–Kier alpha value is -8.44. The normalized spacial score (nSPS) is 11.2. The summed E-state index contributed by atoms with van der Waals surface area (Å²) in [6.07, 6.45) is 0.701. The van der Waals surface area contributed by atoms with Crippen molar-refractivity contribution >= 4 is 0 Å². The monoisotopic (exact) mass is 896 g/mol. The Bertz CT molecular complexity index is 3240. The quantitative estimate of drug-likeness (QED) is 0.0927. The molecule has 0 unspecified atom stereocenters. The maximum absolute atomic E-state index is 6.65. The van der Waals surface area contributed by atoms with Crippen LogP contribution in [0.5, 0.6) is 17.2 Å². The molecule has 11 nitrogen and oxygen atoms in total. The van der Waals surface area contributed by atoms with E-state index in [0.717, 1.165) is 125 Å². The van der Waals surface area contributed by atoms with Gasteiger partial charge >= 0.3 is 0 Å². The van der Waals surface area contributed by atoms with Gasteiger partial charge in [0.05, 0.1) is 66.4 Å². The first-order chi connectivity index (χ1) is 33.3. The fourth-order valence-corrected chi connectivity index (χ4v) is 8.69. The minimum atomic E-state index is 0.457. The van der Waals surface area contributed by atoms with E-state index in [1.807, 2.05) is 72.8 Å². The molecular weight excluding hydrogens is 845 g/mol. The highest BCUT2D eigenvalue weighted by atomic mass is 16.5. The lowest BCUT2D eigenvalue weighted by molar-refractivity contribution is 0.299. The molecule has 0 spiro atoms. The van der Waals surface area contributed by atoms with Gasteiger partial charge in [0.15, 0.2) is 0 Å². The number of hydrogen-bond acceptors (Lipinski definition) is 7. The lowest BCUT2D eigenvalue weighted by atomic mass is 10.0. The van der Waals surface area contributed by atoms with Crippen LogP contribution in [0.4, 0.5) is 0 Å². The average Bonchev–Trinajstić information content (AvgIpc) is 4.23. The van der Waals surface area contributed by atoms with Crippen LogP contribution in [0.3, 0.4) is 0 Å². The van der Waals surface area contributed by atoms with E-state index in [9.17, 15) is 0 Å². The second-order valence-corrected chi connectivity index (χ2v) is 16.8. The number of methoxy groups -OCH3 is 2. The van der Waals surface area contributed by atoms with Crippen molar-refractivity contribution in [3.63, 3.8) is 0 Å². The largest absolute Gasteiger partial charge is 0.497 e. The summed E-state index contributed by atoms with van der Waals surface area (Å²) in [7, 11) is 3.36. The van der Waals surface area contributed by atoms with Crippen molar-refractivity contribution < 1.29 is 14.2 Å². The molecule has 10 rings (SSSR count). The van der Waals surface area contributed by atoms with Crippen molar-refractivity contribution in [1.29, 1.82) is 0 Å². The minimum Gasteiger partial charge on any atom is -0.497 e. The Morgan fingerprint density at radius 1 is 0.456 bits per heavy atom. The van der Waals surface area contributed by atoms with Crippen LogP contribution in [0.1, 0.15) is 24.5 Å². The molecule has 0 saturated heterocycles. The molecule has 0 saturated carbocycles. The van der Waals surface area contributed by atoms with Crippen LogP contribution in [-0.2, 0) is 13.1 Å². The fraction of sp³-hybridized carbons (Fsp3) is 0.158. The fourth-order valence-electron chi connectivity index (χ4n) is 8.69. The van der Waals surface area contributed by atoms with Gasteiger partial charge in [0.2, 0.25) is 0 Å². The van der Waals surface area contributed by atoms with Crippen LogP contribution in [-0.4, -0.2) is 60.8 Å². The molecule has 2 N–H and O–H groups in total. The Balaban J connectivity index is 0.942. The zero-order valence-corrected chi connectivity index (χ0v) is 38.8. The van der Waals surface area contributed by atoms with E-state index in [2.05, 4.69) is 131 Å². The molecule has 4 heterocycles. The molecule has 0 aliphatic carbocycles. The molecule has 6 aromatic carbocycles. The van der Waals surface area contributed by atoms with Gasteiger partial charge in [0, 0.05) is 64.0 Å². The van der Waals surface area contributed by atoms with E-state index < -0.39 is 0 Å². The SMILES string of the molecule is CCn1nc(-c2ccc(OC)cc2)cc1-c1cccc(-c2cc(-c3ccc(OC)cc3)nn2CCCOc2cc(-c3cc(-c4ccccc4C)n[nH]3)cc(-c3cc(-c4ccccc4C)n[nH]3)c2)c1. The summed E-state index contributed by atoms with van der Waals surface area (Å²) in [4.78, 5) is 0. The van der Waals surface area contributed by atoms with Gasteiger partial charge in [-0.2, -0.15) is 20.4 Å². The number of benzene rings is 6. The predicted molar refractivity (Wildman–Crippen MR) is 271 cm³/mol. The third-order valence-corrected chi connectivity index (χ3v) is 12.4. The van der Waals surface area contributed by atoms with Crippen molar-refractivity contribution in [3.05, 3.63) is 175 Å². The van der Waals surface area contributed by atoms with E-state index in [4.69, 9.17) is 34.6 Å². The Kier molecular flexibility index (Phi) is 12.3. The van der Waals surface area contributed by atoms with Gasteiger partial charge < -0.3 is 14.2 Å². The summed E-state index contributed by atoms with van der Waals surface area (Å²) in [5, 5.41) is 26.2. The second-order valence-electron chi connectivity index (χ2n) is 16.8. The van der Waals surface area contributed by atoms with E-state index in [0.29, 0.717) is 19.6 Å². The van der Waals surface area contributed by atoms with Crippen LogP contribution in [0.15, 0.2) is 164 Å². The smallest absolute Gasteiger partial charge is 0.120 e. The number of hydrogen-bond donors (Lipinski definition) is 2. The van der Waals surface area contributed by atoms with Crippen molar-refractivity contribution in [2.45, 2.75) is 40.3 Å². The highest BCUT2D eigenvalue weighted by Crippen LogP contribution is 2.36. The number of nitrogens with one attached hydrogen (secondary N) is 2. The zero-order valence-electron chi connectivity index (χ0n) is 38.8. The maximum Gasteiger partial charge on any atom is 0.120 e. The molecule has 68 heavy (non-hydrogen) atoms. The number of ether oxygens (including phenoxy) is 3. The minimum absolute atomic E-state index is 0.457. The number of aromatic amines is 2. The summed E-state index contributed by atoms with van der Waals surface area (Å²) in [6, 6.07) is 56.1. The van der Waals surface area contributed by atoms with Gasteiger partial charge in [-0.3, -0.25) is 19.6 Å². The van der Waals surface area contributed by atoms with Gasteiger partial charge in [-0.1, -0.05) is 66.7 Å². The first-order valence-electron chi connectivity index (χ1n) is 22.9. The molecule has 11 heteroatoms. The van der Waals surface area contributed by atoms with Crippen LogP contribution in [0.25, 0.3) is 90.1 Å². The first-order valence-corrected chi connectivity index (χ1v) is 22.9. The molecule has 0 aliphatic rings.